The minimum absolute atomic E-state index is 0.109. The molecule has 0 unspecified atom stereocenters. The minimum atomic E-state index is 0.109. The lowest BCUT2D eigenvalue weighted by Gasteiger charge is -2.22. The van der Waals surface area contributed by atoms with E-state index in [0.29, 0.717) is 24.2 Å². The molecule has 1 saturated carbocycles. The Balaban J connectivity index is 1.59. The summed E-state index contributed by atoms with van der Waals surface area (Å²) in [6.45, 7) is 0.561. The number of amides is 1. The van der Waals surface area contributed by atoms with Gasteiger partial charge in [-0.15, -0.1) is 0 Å². The second-order valence-electron chi connectivity index (χ2n) is 5.68. The summed E-state index contributed by atoms with van der Waals surface area (Å²) in [4.78, 5) is 12.0. The summed E-state index contributed by atoms with van der Waals surface area (Å²) < 4.78 is 1.82. The zero-order chi connectivity index (χ0) is 14.7. The van der Waals surface area contributed by atoms with Crippen LogP contribution in [0.25, 0.3) is 10.9 Å². The van der Waals surface area contributed by atoms with Crippen LogP contribution in [0.3, 0.4) is 0 Å². The highest BCUT2D eigenvalue weighted by atomic mass is 35.5. The molecule has 1 aromatic carbocycles. The van der Waals surface area contributed by atoms with Crippen molar-refractivity contribution in [1.82, 2.24) is 15.1 Å². The molecular formula is C16H20ClN3O. The number of carbonyl (C=O) groups is 1. The van der Waals surface area contributed by atoms with Crippen molar-refractivity contribution in [2.24, 2.45) is 0 Å². The number of para-hydroxylation sites is 1. The number of nitrogens with one attached hydrogen (secondary N) is 1. The highest BCUT2D eigenvalue weighted by molar-refractivity contribution is 6.34. The molecule has 4 nitrogen and oxygen atoms in total. The van der Waals surface area contributed by atoms with Gasteiger partial charge >= 0.3 is 0 Å². The van der Waals surface area contributed by atoms with Crippen LogP contribution >= 0.6 is 11.6 Å². The number of carbonyl (C=O) groups excluding carboxylic acids is 1. The number of halogens is 1. The molecule has 1 aromatic heterocycles. The van der Waals surface area contributed by atoms with Gasteiger partial charge in [0.2, 0.25) is 5.91 Å². The minimum Gasteiger partial charge on any atom is -0.353 e. The average Bonchev–Trinajstić information content (AvgIpc) is 2.83. The summed E-state index contributed by atoms with van der Waals surface area (Å²) in [5.74, 6) is 0.109. The van der Waals surface area contributed by atoms with Crippen LogP contribution in [-0.2, 0) is 11.3 Å². The van der Waals surface area contributed by atoms with E-state index in [1.54, 1.807) is 0 Å². The molecule has 1 fully saturated rings. The van der Waals surface area contributed by atoms with E-state index >= 15 is 0 Å². The Kier molecular flexibility index (Phi) is 4.44. The smallest absolute Gasteiger partial charge is 0.222 e. The van der Waals surface area contributed by atoms with E-state index in [1.807, 2.05) is 28.9 Å². The van der Waals surface area contributed by atoms with E-state index < -0.39 is 0 Å². The Morgan fingerprint density at radius 2 is 2.05 bits per heavy atom. The maximum absolute atomic E-state index is 12.0. The number of benzene rings is 1. The van der Waals surface area contributed by atoms with Gasteiger partial charge in [0.25, 0.3) is 0 Å². The highest BCUT2D eigenvalue weighted by Gasteiger charge is 2.16. The van der Waals surface area contributed by atoms with Gasteiger partial charge in [0.05, 0.1) is 12.1 Å². The first-order valence-electron chi connectivity index (χ1n) is 7.64. The summed E-state index contributed by atoms with van der Waals surface area (Å²) in [5.41, 5.74) is 0.980. The third-order valence-electron chi connectivity index (χ3n) is 4.13. The number of fused-ring (bicyclic) bond motifs is 1. The molecule has 1 amide bonds. The van der Waals surface area contributed by atoms with Crippen LogP contribution < -0.4 is 5.32 Å². The molecule has 21 heavy (non-hydrogen) atoms. The molecule has 112 valence electrons. The van der Waals surface area contributed by atoms with Crippen molar-refractivity contribution in [3.63, 3.8) is 0 Å². The van der Waals surface area contributed by atoms with Gasteiger partial charge in [0, 0.05) is 17.8 Å². The Labute approximate surface area is 129 Å². The zero-order valence-electron chi connectivity index (χ0n) is 12.0. The van der Waals surface area contributed by atoms with Gasteiger partial charge in [0.15, 0.2) is 5.15 Å². The molecule has 1 N–H and O–H groups in total. The van der Waals surface area contributed by atoms with Gasteiger partial charge in [-0.1, -0.05) is 43.0 Å². The number of hydrogen-bond acceptors (Lipinski definition) is 2. The van der Waals surface area contributed by atoms with Gasteiger partial charge in [-0.2, -0.15) is 5.10 Å². The third-order valence-corrected chi connectivity index (χ3v) is 4.41. The number of rotatable bonds is 4. The SMILES string of the molecule is O=C(CCn1nc(Cl)c2ccccc21)NC1CCCCC1. The number of aromatic nitrogens is 2. The fraction of sp³-hybridized carbons (Fsp3) is 0.500. The van der Waals surface area contributed by atoms with E-state index in [4.69, 9.17) is 11.6 Å². The monoisotopic (exact) mass is 305 g/mol. The number of aryl methyl sites for hydroxylation is 1. The van der Waals surface area contributed by atoms with Crippen LogP contribution in [0, 0.1) is 0 Å². The van der Waals surface area contributed by atoms with Crippen LogP contribution in [0.1, 0.15) is 38.5 Å². The van der Waals surface area contributed by atoms with Crippen LogP contribution in [0.4, 0.5) is 0 Å². The second-order valence-corrected chi connectivity index (χ2v) is 6.04. The molecule has 0 aliphatic heterocycles. The van der Waals surface area contributed by atoms with E-state index in [1.165, 1.54) is 19.3 Å². The Morgan fingerprint density at radius 1 is 1.29 bits per heavy atom. The highest BCUT2D eigenvalue weighted by Crippen LogP contribution is 2.22. The zero-order valence-corrected chi connectivity index (χ0v) is 12.8. The Morgan fingerprint density at radius 3 is 2.86 bits per heavy atom. The van der Waals surface area contributed by atoms with Crippen molar-refractivity contribution in [1.29, 1.82) is 0 Å². The van der Waals surface area contributed by atoms with Crippen LogP contribution in [0.2, 0.25) is 5.15 Å². The van der Waals surface area contributed by atoms with E-state index in [9.17, 15) is 4.79 Å². The largest absolute Gasteiger partial charge is 0.353 e. The van der Waals surface area contributed by atoms with Gasteiger partial charge < -0.3 is 5.32 Å². The van der Waals surface area contributed by atoms with E-state index in [-0.39, 0.29) is 5.91 Å². The van der Waals surface area contributed by atoms with E-state index in [0.717, 1.165) is 23.7 Å². The lowest BCUT2D eigenvalue weighted by atomic mass is 9.95. The predicted molar refractivity (Wildman–Crippen MR) is 84.4 cm³/mol. The molecule has 5 heteroatoms. The maximum atomic E-state index is 12.0. The van der Waals surface area contributed by atoms with Gasteiger partial charge in [-0.05, 0) is 25.0 Å². The third kappa shape index (κ3) is 3.38. The molecular weight excluding hydrogens is 286 g/mol. The van der Waals surface area contributed by atoms with Crippen LogP contribution in [0.15, 0.2) is 24.3 Å². The molecule has 1 heterocycles. The van der Waals surface area contributed by atoms with Gasteiger partial charge in [0.1, 0.15) is 0 Å². The molecule has 0 radical (unpaired) electrons. The fourth-order valence-corrected chi connectivity index (χ4v) is 3.26. The van der Waals surface area contributed by atoms with Crippen molar-refractivity contribution >= 4 is 28.4 Å². The van der Waals surface area contributed by atoms with Crippen molar-refractivity contribution in [3.8, 4) is 0 Å². The summed E-state index contributed by atoms with van der Waals surface area (Å²) in [7, 11) is 0. The predicted octanol–water partition coefficient (Wildman–Crippen LogP) is 3.53. The topological polar surface area (TPSA) is 46.9 Å². The molecule has 0 saturated heterocycles. The summed E-state index contributed by atoms with van der Waals surface area (Å²) in [5, 5.41) is 8.88. The summed E-state index contributed by atoms with van der Waals surface area (Å²) in [6, 6.07) is 8.19. The maximum Gasteiger partial charge on any atom is 0.222 e. The summed E-state index contributed by atoms with van der Waals surface area (Å²) in [6.07, 6.45) is 6.42. The molecule has 0 spiro atoms. The van der Waals surface area contributed by atoms with Crippen molar-refractivity contribution in [3.05, 3.63) is 29.4 Å². The number of hydrogen-bond donors (Lipinski definition) is 1. The Bertz CT molecular complexity index is 631. The first-order chi connectivity index (χ1) is 10.2. The van der Waals surface area contributed by atoms with Crippen LogP contribution in [0.5, 0.6) is 0 Å². The standard InChI is InChI=1S/C16H20ClN3O/c17-16-13-8-4-5-9-14(13)20(19-16)11-10-15(21)18-12-6-2-1-3-7-12/h4-5,8-9,12H,1-3,6-7,10-11H2,(H,18,21). The molecule has 3 rings (SSSR count). The van der Waals surface area contributed by atoms with Gasteiger partial charge in [-0.25, -0.2) is 0 Å². The van der Waals surface area contributed by atoms with Crippen molar-refractivity contribution < 1.29 is 4.79 Å². The fourth-order valence-electron chi connectivity index (χ4n) is 3.01. The molecule has 0 bridgehead atoms. The first kappa shape index (κ1) is 14.4. The van der Waals surface area contributed by atoms with Crippen molar-refractivity contribution in [2.75, 3.05) is 0 Å². The Hall–Kier alpha value is -1.55. The molecule has 2 aromatic rings. The quantitative estimate of drug-likeness (QED) is 0.939. The molecule has 0 atom stereocenters. The van der Waals surface area contributed by atoms with E-state index in [2.05, 4.69) is 10.4 Å². The number of nitrogens with zero attached hydrogens (tertiary/aromatic N) is 2. The first-order valence-corrected chi connectivity index (χ1v) is 8.02. The average molecular weight is 306 g/mol. The molecule has 1 aliphatic carbocycles. The molecule has 1 aliphatic rings. The second kappa shape index (κ2) is 6.48. The van der Waals surface area contributed by atoms with Crippen molar-refractivity contribution in [2.45, 2.75) is 51.1 Å². The summed E-state index contributed by atoms with van der Waals surface area (Å²) >= 11 is 6.12. The lowest BCUT2D eigenvalue weighted by Crippen LogP contribution is -2.36. The van der Waals surface area contributed by atoms with Crippen LogP contribution in [-0.4, -0.2) is 21.7 Å². The lowest BCUT2D eigenvalue weighted by molar-refractivity contribution is -0.122. The normalized spacial score (nSPS) is 16.2. The van der Waals surface area contributed by atoms with Gasteiger partial charge in [-0.3, -0.25) is 9.48 Å².